The minimum atomic E-state index is -0.476. The van der Waals surface area contributed by atoms with Crippen molar-refractivity contribution in [2.24, 2.45) is 11.5 Å². The van der Waals surface area contributed by atoms with Crippen LogP contribution in [0.5, 0.6) is 11.6 Å². The van der Waals surface area contributed by atoms with Crippen LogP contribution in [0.2, 0.25) is 0 Å². The van der Waals surface area contributed by atoms with Gasteiger partial charge in [-0.3, -0.25) is 24.1 Å². The van der Waals surface area contributed by atoms with Crippen LogP contribution in [0.1, 0.15) is 72.1 Å². The molecule has 4 heterocycles. The highest BCUT2D eigenvalue weighted by Crippen LogP contribution is 2.33. The van der Waals surface area contributed by atoms with Crippen LogP contribution in [0.3, 0.4) is 0 Å². The van der Waals surface area contributed by atoms with Gasteiger partial charge in [0.25, 0.3) is 11.8 Å². The summed E-state index contributed by atoms with van der Waals surface area (Å²) in [6.07, 6.45) is 16.9. The standard InChI is InChI=1S/C22H24N4O3.C22H24N4O2S/c2*23-22(28)19-8-5-16(14-20(19)25-15-3-6-17(27)7-4-15)26-13-1-2-21(26)29-18-9-11-24-12-10-18/h2*1-2,5,8-15,17,25,27H,3-4,6-7H2,(H2,23,28). The summed E-state index contributed by atoms with van der Waals surface area (Å²) in [6.45, 7) is 0. The third-order valence-corrected chi connectivity index (χ3v) is 11.4. The number of hydrogen-bond acceptors (Lipinski definition) is 10. The summed E-state index contributed by atoms with van der Waals surface area (Å²) in [5, 5.41) is 27.5. The second-order valence-corrected chi connectivity index (χ2v) is 15.6. The summed E-state index contributed by atoms with van der Waals surface area (Å²) >= 11 is 1.65. The maximum absolute atomic E-state index is 11.9. The summed E-state index contributed by atoms with van der Waals surface area (Å²) in [5.41, 5.74) is 15.4. The molecule has 13 nitrogen and oxygen atoms in total. The minimum absolute atomic E-state index is 0.198. The van der Waals surface area contributed by atoms with E-state index >= 15 is 0 Å². The van der Waals surface area contributed by atoms with Crippen LogP contribution in [0.25, 0.3) is 11.4 Å². The number of nitrogens with two attached hydrogens (primary N) is 2. The van der Waals surface area contributed by atoms with Crippen molar-refractivity contribution in [3.8, 4) is 23.0 Å². The zero-order valence-electron chi connectivity index (χ0n) is 32.0. The lowest BCUT2D eigenvalue weighted by Crippen LogP contribution is -2.29. The summed E-state index contributed by atoms with van der Waals surface area (Å²) in [7, 11) is 0. The van der Waals surface area contributed by atoms with E-state index in [2.05, 4.69) is 31.2 Å². The molecule has 8 rings (SSSR count). The van der Waals surface area contributed by atoms with Gasteiger partial charge in [-0.15, -0.1) is 0 Å². The number of pyridine rings is 2. The Kier molecular flexibility index (Phi) is 13.1. The fraction of sp³-hybridized carbons (Fsp3) is 0.273. The first kappa shape index (κ1) is 40.1. The number of ether oxygens (including phenoxy) is 1. The lowest BCUT2D eigenvalue weighted by molar-refractivity contribution is 0.0992. The van der Waals surface area contributed by atoms with Gasteiger partial charge in [0, 0.05) is 77.3 Å². The van der Waals surface area contributed by atoms with Gasteiger partial charge < -0.3 is 41.6 Å². The Balaban J connectivity index is 0.000000177. The molecule has 8 N–H and O–H groups in total. The highest BCUT2D eigenvalue weighted by atomic mass is 32.2. The predicted molar refractivity (Wildman–Crippen MR) is 225 cm³/mol. The van der Waals surface area contributed by atoms with E-state index in [9.17, 15) is 19.8 Å². The number of nitrogens with one attached hydrogen (secondary N) is 2. The maximum Gasteiger partial charge on any atom is 0.250 e. The molecule has 6 aromatic rings. The molecule has 2 aromatic carbocycles. The Bertz CT molecular complexity index is 2120. The molecule has 0 saturated heterocycles. The molecule has 2 aliphatic carbocycles. The SMILES string of the molecule is NC(=O)c1ccc(-n2cccc2Oc2ccncc2)cc1NC1CCC(O)CC1.NC(=O)c1ccc(-n2cccc2Sc2ccncc2)cc1NC1CCC(O)CC1. The molecule has 0 atom stereocenters. The van der Waals surface area contributed by atoms with Crippen molar-refractivity contribution in [2.45, 2.75) is 85.6 Å². The van der Waals surface area contributed by atoms with E-state index in [0.29, 0.717) is 28.4 Å². The van der Waals surface area contributed by atoms with E-state index in [1.54, 1.807) is 60.8 Å². The Morgan fingerprint density at radius 3 is 1.66 bits per heavy atom. The van der Waals surface area contributed by atoms with Crippen molar-refractivity contribution in [3.63, 3.8) is 0 Å². The summed E-state index contributed by atoms with van der Waals surface area (Å²) in [5.74, 6) is 0.409. The maximum atomic E-state index is 11.9. The fourth-order valence-corrected chi connectivity index (χ4v) is 8.20. The number of aliphatic hydroxyl groups is 2. The van der Waals surface area contributed by atoms with Crippen LogP contribution in [-0.2, 0) is 0 Å². The van der Waals surface area contributed by atoms with Gasteiger partial charge in [0.05, 0.1) is 34.0 Å². The average molecular weight is 801 g/mol. The van der Waals surface area contributed by atoms with Gasteiger partial charge in [0.1, 0.15) is 5.75 Å². The van der Waals surface area contributed by atoms with Crippen LogP contribution < -0.4 is 26.8 Å². The smallest absolute Gasteiger partial charge is 0.250 e. The van der Waals surface area contributed by atoms with Crippen molar-refractivity contribution >= 4 is 35.0 Å². The normalized spacial score (nSPS) is 19.0. The average Bonchev–Trinajstić information content (AvgIpc) is 3.90. The molecule has 14 heteroatoms. The van der Waals surface area contributed by atoms with Gasteiger partial charge in [0.2, 0.25) is 5.88 Å². The molecule has 2 aliphatic rings. The zero-order valence-corrected chi connectivity index (χ0v) is 32.8. The highest BCUT2D eigenvalue weighted by Gasteiger charge is 2.23. The number of carbonyl (C=O) groups is 2. The summed E-state index contributed by atoms with van der Waals surface area (Å²) in [4.78, 5) is 33.0. The minimum Gasteiger partial charge on any atom is -0.440 e. The molecule has 58 heavy (non-hydrogen) atoms. The summed E-state index contributed by atoms with van der Waals surface area (Å²) < 4.78 is 9.96. The first-order chi connectivity index (χ1) is 28.2. The van der Waals surface area contributed by atoms with E-state index in [-0.39, 0.29) is 24.3 Å². The van der Waals surface area contributed by atoms with Crippen LogP contribution in [0.15, 0.2) is 132 Å². The van der Waals surface area contributed by atoms with Gasteiger partial charge in [-0.1, -0.05) is 11.8 Å². The fourth-order valence-electron chi connectivity index (χ4n) is 7.29. The molecular weight excluding hydrogens is 753 g/mol. The van der Waals surface area contributed by atoms with Crippen molar-refractivity contribution in [1.82, 2.24) is 19.1 Å². The number of benzene rings is 2. The summed E-state index contributed by atoms with van der Waals surface area (Å²) in [6, 6.07) is 26.9. The molecule has 0 aliphatic heterocycles. The largest absolute Gasteiger partial charge is 0.440 e. The van der Waals surface area contributed by atoms with E-state index in [1.807, 2.05) is 71.6 Å². The number of anilines is 2. The molecule has 0 unspecified atom stereocenters. The second kappa shape index (κ2) is 18.9. The topological polar surface area (TPSA) is 196 Å². The lowest BCUT2D eigenvalue weighted by Gasteiger charge is -2.28. The highest BCUT2D eigenvalue weighted by molar-refractivity contribution is 7.99. The number of primary amides is 2. The van der Waals surface area contributed by atoms with Crippen molar-refractivity contribution in [3.05, 3.63) is 133 Å². The number of aliphatic hydroxyl groups excluding tert-OH is 2. The van der Waals surface area contributed by atoms with Gasteiger partial charge in [-0.25, -0.2) is 0 Å². The number of rotatable bonds is 12. The monoisotopic (exact) mass is 800 g/mol. The van der Waals surface area contributed by atoms with E-state index in [0.717, 1.165) is 78.4 Å². The predicted octanol–water partition coefficient (Wildman–Crippen LogP) is 7.32. The van der Waals surface area contributed by atoms with Gasteiger partial charge in [0.15, 0.2) is 0 Å². The molecule has 4 aromatic heterocycles. The van der Waals surface area contributed by atoms with Crippen molar-refractivity contribution in [2.75, 3.05) is 10.6 Å². The van der Waals surface area contributed by atoms with Gasteiger partial charge >= 0.3 is 0 Å². The van der Waals surface area contributed by atoms with E-state index in [1.165, 1.54) is 0 Å². The molecule has 0 spiro atoms. The molecule has 2 amide bonds. The second-order valence-electron chi connectivity index (χ2n) is 14.5. The molecule has 0 radical (unpaired) electrons. The molecule has 300 valence electrons. The number of hydrogen-bond donors (Lipinski definition) is 6. The van der Waals surface area contributed by atoms with Gasteiger partial charge in [-0.05, 0) is 130 Å². The number of carbonyl (C=O) groups excluding carboxylic acids is 2. The third kappa shape index (κ3) is 10.3. The van der Waals surface area contributed by atoms with Crippen LogP contribution in [-0.4, -0.2) is 65.4 Å². The van der Waals surface area contributed by atoms with Crippen molar-refractivity contribution < 1.29 is 24.5 Å². The molecule has 2 fully saturated rings. The molecular formula is C44H48N8O5S. The first-order valence-corrected chi connectivity index (χ1v) is 20.3. The zero-order chi connectivity index (χ0) is 40.4. The third-order valence-electron chi connectivity index (χ3n) is 10.4. The number of aromatic nitrogens is 4. The van der Waals surface area contributed by atoms with Crippen LogP contribution in [0.4, 0.5) is 11.4 Å². The van der Waals surface area contributed by atoms with Crippen LogP contribution in [0, 0.1) is 0 Å². The lowest BCUT2D eigenvalue weighted by atomic mass is 9.92. The van der Waals surface area contributed by atoms with Gasteiger partial charge in [-0.2, -0.15) is 0 Å². The Hall–Kier alpha value is -6.09. The Morgan fingerprint density at radius 1 is 0.638 bits per heavy atom. The van der Waals surface area contributed by atoms with Crippen molar-refractivity contribution in [1.29, 1.82) is 0 Å². The van der Waals surface area contributed by atoms with E-state index in [4.69, 9.17) is 16.2 Å². The number of nitrogens with zero attached hydrogens (tertiary/aromatic N) is 4. The molecule has 2 saturated carbocycles. The van der Waals surface area contributed by atoms with E-state index < -0.39 is 11.8 Å². The Morgan fingerprint density at radius 2 is 1.12 bits per heavy atom. The molecule has 0 bridgehead atoms. The first-order valence-electron chi connectivity index (χ1n) is 19.5. The number of amides is 2. The van der Waals surface area contributed by atoms with Crippen LogP contribution >= 0.6 is 11.8 Å². The Labute approximate surface area is 341 Å². The quantitative estimate of drug-likeness (QED) is 0.0730.